The summed E-state index contributed by atoms with van der Waals surface area (Å²) in [4.78, 5) is 29.4. The molecule has 40 heavy (non-hydrogen) atoms. The SMILES string of the molecule is CCOc1ccc([C@@H](C(=O)NC2CCCC2)N(C(=O)Cn2nnc3ccccc32)c2ccccc2F)cc1OC. The van der Waals surface area contributed by atoms with E-state index in [2.05, 4.69) is 15.6 Å². The van der Waals surface area contributed by atoms with Crippen LogP contribution in [0, 0.1) is 5.82 Å². The van der Waals surface area contributed by atoms with E-state index in [1.54, 1.807) is 42.5 Å². The number of aromatic nitrogens is 3. The predicted octanol–water partition coefficient (Wildman–Crippen LogP) is 4.81. The van der Waals surface area contributed by atoms with E-state index in [-0.39, 0.29) is 18.3 Å². The summed E-state index contributed by atoms with van der Waals surface area (Å²) in [5.74, 6) is -0.656. The maximum Gasteiger partial charge on any atom is 0.249 e. The minimum atomic E-state index is -1.19. The monoisotopic (exact) mass is 545 g/mol. The smallest absolute Gasteiger partial charge is 0.249 e. The van der Waals surface area contributed by atoms with Gasteiger partial charge in [0.1, 0.15) is 23.9 Å². The highest BCUT2D eigenvalue weighted by atomic mass is 19.1. The molecule has 3 aromatic carbocycles. The quantitative estimate of drug-likeness (QED) is 0.307. The zero-order valence-corrected chi connectivity index (χ0v) is 22.5. The Morgan fingerprint density at radius 1 is 1.07 bits per heavy atom. The number of rotatable bonds is 10. The first-order valence-corrected chi connectivity index (χ1v) is 13.5. The number of methoxy groups -OCH3 is 1. The second-order valence-corrected chi connectivity index (χ2v) is 9.69. The number of amides is 2. The first-order chi connectivity index (χ1) is 19.5. The van der Waals surface area contributed by atoms with Gasteiger partial charge < -0.3 is 14.8 Å². The number of nitrogens with one attached hydrogen (secondary N) is 1. The Morgan fingerprint density at radius 2 is 1.82 bits per heavy atom. The van der Waals surface area contributed by atoms with Crippen molar-refractivity contribution in [3.63, 3.8) is 0 Å². The summed E-state index contributed by atoms with van der Waals surface area (Å²) in [5, 5.41) is 11.4. The van der Waals surface area contributed by atoms with Crippen LogP contribution in [0.3, 0.4) is 0 Å². The summed E-state index contributed by atoms with van der Waals surface area (Å²) >= 11 is 0. The van der Waals surface area contributed by atoms with Crippen molar-refractivity contribution < 1.29 is 23.5 Å². The molecular weight excluding hydrogens is 513 g/mol. The number of hydrogen-bond donors (Lipinski definition) is 1. The molecule has 1 aliphatic rings. The molecule has 10 heteroatoms. The lowest BCUT2D eigenvalue weighted by atomic mass is 10.0. The molecule has 0 saturated heterocycles. The number of nitrogens with zero attached hydrogens (tertiary/aromatic N) is 4. The van der Waals surface area contributed by atoms with Crippen LogP contribution in [0.4, 0.5) is 10.1 Å². The summed E-state index contributed by atoms with van der Waals surface area (Å²) in [6.07, 6.45) is 3.73. The second kappa shape index (κ2) is 12.1. The van der Waals surface area contributed by atoms with E-state index in [9.17, 15) is 9.59 Å². The summed E-state index contributed by atoms with van der Waals surface area (Å²) in [6, 6.07) is 17.0. The molecule has 1 heterocycles. The zero-order valence-electron chi connectivity index (χ0n) is 22.5. The van der Waals surface area contributed by atoms with Gasteiger partial charge in [-0.2, -0.15) is 0 Å². The normalized spacial score (nSPS) is 14.2. The van der Waals surface area contributed by atoms with E-state index in [1.165, 1.54) is 28.8 Å². The fourth-order valence-electron chi connectivity index (χ4n) is 5.20. The van der Waals surface area contributed by atoms with E-state index in [4.69, 9.17) is 9.47 Å². The number of ether oxygens (including phenoxy) is 2. The molecule has 5 rings (SSSR count). The third kappa shape index (κ3) is 5.61. The molecule has 4 aromatic rings. The van der Waals surface area contributed by atoms with Crippen LogP contribution in [-0.2, 0) is 16.1 Å². The molecule has 9 nitrogen and oxygen atoms in total. The average Bonchev–Trinajstić information content (AvgIpc) is 3.63. The minimum absolute atomic E-state index is 0.0172. The highest BCUT2D eigenvalue weighted by Gasteiger charge is 2.36. The fourth-order valence-corrected chi connectivity index (χ4v) is 5.20. The molecule has 1 atom stereocenters. The van der Waals surface area contributed by atoms with E-state index in [1.807, 2.05) is 19.1 Å². The van der Waals surface area contributed by atoms with Gasteiger partial charge in [0.25, 0.3) is 0 Å². The van der Waals surface area contributed by atoms with Crippen LogP contribution < -0.4 is 19.7 Å². The van der Waals surface area contributed by atoms with E-state index in [0.29, 0.717) is 34.7 Å². The Hall–Kier alpha value is -4.47. The van der Waals surface area contributed by atoms with Crippen molar-refractivity contribution in [2.24, 2.45) is 0 Å². The van der Waals surface area contributed by atoms with Gasteiger partial charge in [-0.25, -0.2) is 9.07 Å². The van der Waals surface area contributed by atoms with Gasteiger partial charge in [0, 0.05) is 6.04 Å². The van der Waals surface area contributed by atoms with Gasteiger partial charge in [0.15, 0.2) is 11.5 Å². The Bertz CT molecular complexity index is 1500. The molecule has 0 spiro atoms. The largest absolute Gasteiger partial charge is 0.493 e. The number of fused-ring (bicyclic) bond motifs is 1. The number of hydrogen-bond acceptors (Lipinski definition) is 6. The van der Waals surface area contributed by atoms with Crippen molar-refractivity contribution in [2.45, 2.75) is 51.2 Å². The molecule has 1 N–H and O–H groups in total. The van der Waals surface area contributed by atoms with Crippen LogP contribution >= 0.6 is 0 Å². The van der Waals surface area contributed by atoms with E-state index in [0.717, 1.165) is 25.7 Å². The topological polar surface area (TPSA) is 98.6 Å². The average molecular weight is 546 g/mol. The Balaban J connectivity index is 1.61. The number of halogens is 1. The van der Waals surface area contributed by atoms with Gasteiger partial charge in [-0.05, 0) is 61.7 Å². The third-order valence-corrected chi connectivity index (χ3v) is 7.10. The minimum Gasteiger partial charge on any atom is -0.493 e. The van der Waals surface area contributed by atoms with Crippen LogP contribution in [0.25, 0.3) is 11.0 Å². The molecule has 208 valence electrons. The molecule has 1 aromatic heterocycles. The van der Waals surface area contributed by atoms with Gasteiger partial charge >= 0.3 is 0 Å². The van der Waals surface area contributed by atoms with Crippen LogP contribution in [0.2, 0.25) is 0 Å². The number of carbonyl (C=O) groups excluding carboxylic acids is 2. The summed E-state index contributed by atoms with van der Waals surface area (Å²) < 4.78 is 28.1. The summed E-state index contributed by atoms with van der Waals surface area (Å²) in [5.41, 5.74) is 1.71. The maximum absolute atomic E-state index is 15.4. The number of para-hydroxylation sites is 2. The fraction of sp³-hybridized carbons (Fsp3) is 0.333. The molecule has 0 radical (unpaired) electrons. The highest BCUT2D eigenvalue weighted by Crippen LogP contribution is 2.36. The van der Waals surface area contributed by atoms with Crippen molar-refractivity contribution in [3.8, 4) is 11.5 Å². The molecule has 2 amide bonds. The van der Waals surface area contributed by atoms with Gasteiger partial charge in [0.05, 0.1) is 24.9 Å². The van der Waals surface area contributed by atoms with Crippen molar-refractivity contribution in [2.75, 3.05) is 18.6 Å². The van der Waals surface area contributed by atoms with Crippen molar-refractivity contribution in [3.05, 3.63) is 78.1 Å². The standard InChI is InChI=1S/C30H32FN5O4/c1-3-40-26-17-16-20(18-27(26)39-2)29(30(38)32-21-10-4-5-11-21)36(24-14-8-6-12-22(24)31)28(37)19-35-25-15-9-7-13-23(25)33-34-35/h6-9,12-18,21,29H,3-5,10-11,19H2,1-2H3,(H,32,38)/t29-/m0/s1. The van der Waals surface area contributed by atoms with Gasteiger partial charge in [-0.1, -0.05) is 48.4 Å². The molecule has 1 fully saturated rings. The molecular formula is C30H32FN5O4. The molecule has 1 aliphatic carbocycles. The first kappa shape index (κ1) is 27.1. The molecule has 0 aliphatic heterocycles. The first-order valence-electron chi connectivity index (χ1n) is 13.5. The molecule has 0 bridgehead atoms. The van der Waals surface area contributed by atoms with Crippen LogP contribution in [0.5, 0.6) is 11.5 Å². The lowest BCUT2D eigenvalue weighted by Gasteiger charge is -2.33. The maximum atomic E-state index is 15.4. The Kier molecular flexibility index (Phi) is 8.23. The lowest BCUT2D eigenvalue weighted by Crippen LogP contribution is -2.47. The predicted molar refractivity (Wildman–Crippen MR) is 149 cm³/mol. The Labute approximate surface area is 231 Å². The number of benzene rings is 3. The zero-order chi connectivity index (χ0) is 28.1. The Morgan fingerprint density at radius 3 is 2.58 bits per heavy atom. The lowest BCUT2D eigenvalue weighted by molar-refractivity contribution is -0.127. The molecule has 0 unspecified atom stereocenters. The second-order valence-electron chi connectivity index (χ2n) is 9.69. The van der Waals surface area contributed by atoms with Gasteiger partial charge in [-0.15, -0.1) is 5.10 Å². The van der Waals surface area contributed by atoms with Crippen LogP contribution in [-0.4, -0.2) is 46.6 Å². The van der Waals surface area contributed by atoms with Gasteiger partial charge in [-0.3, -0.25) is 14.5 Å². The van der Waals surface area contributed by atoms with Crippen LogP contribution in [0.1, 0.15) is 44.2 Å². The van der Waals surface area contributed by atoms with Crippen molar-refractivity contribution >= 4 is 28.5 Å². The van der Waals surface area contributed by atoms with Crippen LogP contribution in [0.15, 0.2) is 66.7 Å². The highest BCUT2D eigenvalue weighted by molar-refractivity contribution is 6.01. The molecule has 1 saturated carbocycles. The van der Waals surface area contributed by atoms with Crippen molar-refractivity contribution in [1.82, 2.24) is 20.3 Å². The van der Waals surface area contributed by atoms with E-state index >= 15 is 4.39 Å². The number of carbonyl (C=O) groups is 2. The summed E-state index contributed by atoms with van der Waals surface area (Å²) in [7, 11) is 1.50. The third-order valence-electron chi connectivity index (χ3n) is 7.10. The number of anilines is 1. The van der Waals surface area contributed by atoms with Crippen molar-refractivity contribution in [1.29, 1.82) is 0 Å². The van der Waals surface area contributed by atoms with Gasteiger partial charge in [0.2, 0.25) is 11.8 Å². The summed E-state index contributed by atoms with van der Waals surface area (Å²) in [6.45, 7) is 2.03. The van der Waals surface area contributed by atoms with E-state index < -0.39 is 23.7 Å².